The largest absolute Gasteiger partial charge is 0.329 e. The third kappa shape index (κ3) is 21.7. The highest BCUT2D eigenvalue weighted by molar-refractivity contribution is 6.13. The van der Waals surface area contributed by atoms with Crippen molar-refractivity contribution in [2.45, 2.75) is 26.7 Å². The molecule has 10 nitrogen and oxygen atoms in total. The van der Waals surface area contributed by atoms with E-state index in [1.807, 2.05) is 4.42 Å². The number of hydrogen-bond donors (Lipinski definition) is 6. The molecule has 0 amide bonds. The van der Waals surface area contributed by atoms with E-state index in [-0.39, 0.29) is 0 Å². The monoisotopic (exact) mass is 522 g/mol. The lowest BCUT2D eigenvalue weighted by atomic mass is 10.1. The molecule has 10 N–H and O–H groups in total. The molecule has 1 unspecified atom stereocenters. The molecule has 0 heterocycles. The Kier molecular flexibility index (Phi) is 25.5. The van der Waals surface area contributed by atoms with Crippen LogP contribution in [0.1, 0.15) is 26.7 Å². The van der Waals surface area contributed by atoms with E-state index >= 15 is 0 Å². The van der Waals surface area contributed by atoms with E-state index in [0.29, 0.717) is 26.2 Å². The molecule has 0 aliphatic rings. The van der Waals surface area contributed by atoms with Crippen LogP contribution >= 0.6 is 11.8 Å². The number of halogens is 1. The minimum atomic E-state index is 0.644. The van der Waals surface area contributed by atoms with Gasteiger partial charge in [-0.25, -0.2) is 4.42 Å². The van der Waals surface area contributed by atoms with Crippen molar-refractivity contribution >= 4 is 11.8 Å². The van der Waals surface area contributed by atoms with Crippen LogP contribution in [0.25, 0.3) is 0 Å². The topological polar surface area (TPSA) is 141 Å². The van der Waals surface area contributed by atoms with Crippen molar-refractivity contribution in [3.63, 3.8) is 0 Å². The number of nitrogens with zero attached hydrogens (tertiary/aromatic N) is 4. The number of hydrogen-bond acceptors (Lipinski definition) is 10. The second-order valence-electron chi connectivity index (χ2n) is 9.44. The van der Waals surface area contributed by atoms with Gasteiger partial charge in [0.1, 0.15) is 0 Å². The first-order chi connectivity index (χ1) is 17.0. The lowest BCUT2D eigenvalue weighted by Gasteiger charge is -2.29. The Bertz CT molecular complexity index is 435. The molecule has 0 radical (unpaired) electrons. The third-order valence-electron chi connectivity index (χ3n) is 6.19. The molecule has 0 aromatic rings. The van der Waals surface area contributed by atoms with Crippen LogP contribution in [0.15, 0.2) is 0 Å². The molecule has 0 saturated heterocycles. The van der Waals surface area contributed by atoms with Gasteiger partial charge in [0.25, 0.3) is 0 Å². The van der Waals surface area contributed by atoms with E-state index < -0.39 is 0 Å². The van der Waals surface area contributed by atoms with Crippen molar-refractivity contribution in [3.8, 4) is 0 Å². The fraction of sp³-hybridized carbons (Fsp3) is 1.00. The Morgan fingerprint density at radius 2 is 1.06 bits per heavy atom. The highest BCUT2D eigenvalue weighted by Crippen LogP contribution is 2.03. The molecule has 0 aliphatic carbocycles. The van der Waals surface area contributed by atoms with Crippen LogP contribution < -0.4 is 33.6 Å². The molecule has 11 heteroatoms. The summed E-state index contributed by atoms with van der Waals surface area (Å²) in [7, 11) is 0. The van der Waals surface area contributed by atoms with Crippen molar-refractivity contribution < 1.29 is 0 Å². The Balaban J connectivity index is 4.31. The first kappa shape index (κ1) is 34.9. The maximum absolute atomic E-state index is 6.57. The predicted octanol–water partition coefficient (Wildman–Crippen LogP) is -1.20. The van der Waals surface area contributed by atoms with Gasteiger partial charge in [0.2, 0.25) is 0 Å². The Labute approximate surface area is 221 Å². The van der Waals surface area contributed by atoms with Gasteiger partial charge in [-0.05, 0) is 30.7 Å². The van der Waals surface area contributed by atoms with Crippen LogP contribution in [-0.4, -0.2) is 143 Å². The van der Waals surface area contributed by atoms with Crippen LogP contribution in [0.3, 0.4) is 0 Å². The molecular formula is C24H59ClN10. The number of rotatable bonds is 27. The molecule has 0 saturated carbocycles. The molecule has 0 aromatic heterocycles. The highest BCUT2D eigenvalue weighted by atomic mass is 35.5. The first-order valence-corrected chi connectivity index (χ1v) is 14.1. The summed E-state index contributed by atoms with van der Waals surface area (Å²) in [5.74, 6) is 0.730. The van der Waals surface area contributed by atoms with Crippen LogP contribution in [0, 0.1) is 5.92 Å². The standard InChI is InChI=1S/C24H59ClN10/c1-3-4-24(2)23-31-11-16-33(13-7-28)19-21-35(25)22-20-34(14-8-29)18-17-32(12-6-27)15-10-30-9-5-26/h24,30-31H,3-23,26-29H2,1-2H3. The zero-order valence-electron chi connectivity index (χ0n) is 22.9. The number of nitrogens with one attached hydrogen (secondary N) is 2. The second kappa shape index (κ2) is 25.5. The zero-order valence-corrected chi connectivity index (χ0v) is 23.7. The Hall–Kier alpha value is -0.110. The smallest absolute Gasteiger partial charge is 0.0267 e. The van der Waals surface area contributed by atoms with Crippen molar-refractivity contribution in [3.05, 3.63) is 0 Å². The van der Waals surface area contributed by atoms with E-state index in [0.717, 1.165) is 104 Å². The summed E-state index contributed by atoms with van der Waals surface area (Å²) in [6, 6.07) is 0. The Morgan fingerprint density at radius 1 is 0.600 bits per heavy atom. The summed E-state index contributed by atoms with van der Waals surface area (Å²) in [5.41, 5.74) is 23.1. The van der Waals surface area contributed by atoms with Crippen LogP contribution in [0.2, 0.25) is 0 Å². The van der Waals surface area contributed by atoms with Gasteiger partial charge in [0.15, 0.2) is 0 Å². The van der Waals surface area contributed by atoms with Gasteiger partial charge in [0, 0.05) is 118 Å². The van der Waals surface area contributed by atoms with Crippen LogP contribution in [0.5, 0.6) is 0 Å². The SMILES string of the molecule is CCCC(C)CNCCN(CCN)CCN(Cl)CCN(CCN)CCN(CCN)CCNCCN. The third-order valence-corrected chi connectivity index (χ3v) is 6.53. The van der Waals surface area contributed by atoms with Crippen molar-refractivity contribution in [1.29, 1.82) is 0 Å². The second-order valence-corrected chi connectivity index (χ2v) is 9.92. The van der Waals surface area contributed by atoms with Gasteiger partial charge >= 0.3 is 0 Å². The molecule has 0 bridgehead atoms. The van der Waals surface area contributed by atoms with E-state index in [2.05, 4.69) is 39.2 Å². The maximum Gasteiger partial charge on any atom is 0.0267 e. The first-order valence-electron chi connectivity index (χ1n) is 13.8. The van der Waals surface area contributed by atoms with Crippen LogP contribution in [-0.2, 0) is 0 Å². The van der Waals surface area contributed by atoms with Gasteiger partial charge in [-0.15, -0.1) is 0 Å². The molecule has 0 fully saturated rings. The minimum absolute atomic E-state index is 0.644. The van der Waals surface area contributed by atoms with E-state index in [4.69, 9.17) is 34.7 Å². The molecule has 0 aromatic carbocycles. The molecule has 212 valence electrons. The van der Waals surface area contributed by atoms with Gasteiger partial charge in [-0.3, -0.25) is 14.7 Å². The summed E-state index contributed by atoms with van der Waals surface area (Å²) in [4.78, 5) is 7.19. The van der Waals surface area contributed by atoms with Crippen molar-refractivity contribution in [1.82, 2.24) is 29.8 Å². The van der Waals surface area contributed by atoms with Crippen molar-refractivity contribution in [2.75, 3.05) is 124 Å². The summed E-state index contributed by atoms with van der Waals surface area (Å²) in [5, 5.41) is 6.94. The van der Waals surface area contributed by atoms with Gasteiger partial charge in [-0.1, -0.05) is 20.3 Å². The lowest BCUT2D eigenvalue weighted by Crippen LogP contribution is -2.44. The van der Waals surface area contributed by atoms with E-state index in [1.165, 1.54) is 12.8 Å². The molecular weight excluding hydrogens is 464 g/mol. The fourth-order valence-corrected chi connectivity index (χ4v) is 4.24. The predicted molar refractivity (Wildman–Crippen MR) is 153 cm³/mol. The maximum atomic E-state index is 6.57. The zero-order chi connectivity index (χ0) is 26.2. The van der Waals surface area contributed by atoms with Gasteiger partial charge in [-0.2, -0.15) is 0 Å². The average Bonchev–Trinajstić information content (AvgIpc) is 2.84. The quantitative estimate of drug-likeness (QED) is 0.0575. The van der Waals surface area contributed by atoms with Crippen molar-refractivity contribution in [2.24, 2.45) is 28.9 Å². The summed E-state index contributed by atoms with van der Waals surface area (Å²) in [6.45, 7) is 21.0. The summed E-state index contributed by atoms with van der Waals surface area (Å²) < 4.78 is 1.90. The van der Waals surface area contributed by atoms with E-state index in [9.17, 15) is 0 Å². The molecule has 0 rings (SSSR count). The van der Waals surface area contributed by atoms with E-state index in [1.54, 1.807) is 0 Å². The molecule has 0 aliphatic heterocycles. The van der Waals surface area contributed by atoms with Gasteiger partial charge in [0.05, 0.1) is 0 Å². The fourth-order valence-electron chi connectivity index (χ4n) is 4.09. The van der Waals surface area contributed by atoms with Gasteiger partial charge < -0.3 is 33.6 Å². The normalized spacial score (nSPS) is 13.1. The average molecular weight is 523 g/mol. The number of nitrogens with two attached hydrogens (primary N) is 4. The summed E-state index contributed by atoms with van der Waals surface area (Å²) in [6.07, 6.45) is 2.52. The molecule has 35 heavy (non-hydrogen) atoms. The van der Waals surface area contributed by atoms with Crippen LogP contribution in [0.4, 0.5) is 0 Å². The lowest BCUT2D eigenvalue weighted by molar-refractivity contribution is 0.196. The minimum Gasteiger partial charge on any atom is -0.329 e. The highest BCUT2D eigenvalue weighted by Gasteiger charge is 2.12. The Morgan fingerprint density at radius 3 is 1.51 bits per heavy atom. The molecule has 1 atom stereocenters. The summed E-state index contributed by atoms with van der Waals surface area (Å²) >= 11 is 6.57. The molecule has 0 spiro atoms.